The third kappa shape index (κ3) is 4.71. The molecule has 1 unspecified atom stereocenters. The molecule has 2 aliphatic heterocycles. The molecule has 0 aliphatic carbocycles. The largest absolute Gasteiger partial charge is 0.381 e. The van der Waals surface area contributed by atoms with Crippen molar-refractivity contribution in [2.24, 2.45) is 5.41 Å². The Morgan fingerprint density at radius 3 is 2.65 bits per heavy atom. The molecule has 0 aromatic heterocycles. The average Bonchev–Trinajstić information content (AvgIpc) is 2.63. The molecule has 118 valence electrons. The number of ether oxygens (including phenoxy) is 1. The molecule has 0 aromatic rings. The number of likely N-dealkylation sites (tertiary alicyclic amines) is 1. The van der Waals surface area contributed by atoms with Gasteiger partial charge in [-0.3, -0.25) is 0 Å². The lowest BCUT2D eigenvalue weighted by Crippen LogP contribution is -2.50. The van der Waals surface area contributed by atoms with Gasteiger partial charge in [-0.15, -0.1) is 0 Å². The van der Waals surface area contributed by atoms with E-state index in [9.17, 15) is 0 Å². The van der Waals surface area contributed by atoms with E-state index >= 15 is 0 Å². The second-order valence-corrected chi connectivity index (χ2v) is 7.32. The molecule has 2 aliphatic rings. The molecule has 2 rings (SSSR count). The van der Waals surface area contributed by atoms with Crippen LogP contribution in [0.1, 0.15) is 59.3 Å². The van der Waals surface area contributed by atoms with Crippen molar-refractivity contribution in [2.45, 2.75) is 71.4 Å². The minimum absolute atomic E-state index is 0.432. The van der Waals surface area contributed by atoms with Crippen LogP contribution >= 0.6 is 0 Å². The van der Waals surface area contributed by atoms with Crippen molar-refractivity contribution < 1.29 is 4.74 Å². The van der Waals surface area contributed by atoms with Gasteiger partial charge in [-0.25, -0.2) is 0 Å². The van der Waals surface area contributed by atoms with Crippen molar-refractivity contribution in [3.8, 4) is 0 Å². The molecule has 20 heavy (non-hydrogen) atoms. The second-order valence-electron chi connectivity index (χ2n) is 7.32. The van der Waals surface area contributed by atoms with E-state index in [2.05, 4.69) is 31.0 Å². The van der Waals surface area contributed by atoms with Gasteiger partial charge in [0.25, 0.3) is 0 Å². The van der Waals surface area contributed by atoms with Crippen molar-refractivity contribution >= 4 is 0 Å². The highest BCUT2D eigenvalue weighted by Gasteiger charge is 2.35. The molecular weight excluding hydrogens is 248 g/mol. The van der Waals surface area contributed by atoms with Gasteiger partial charge in [0, 0.05) is 38.4 Å². The zero-order chi connectivity index (χ0) is 14.4. The third-order valence-corrected chi connectivity index (χ3v) is 5.17. The molecule has 2 fully saturated rings. The first-order valence-corrected chi connectivity index (χ1v) is 8.66. The lowest BCUT2D eigenvalue weighted by atomic mass is 9.79. The van der Waals surface area contributed by atoms with Gasteiger partial charge in [0.05, 0.1) is 0 Å². The first-order valence-electron chi connectivity index (χ1n) is 8.66. The van der Waals surface area contributed by atoms with Crippen molar-refractivity contribution in [2.75, 3.05) is 32.8 Å². The second kappa shape index (κ2) is 7.77. The summed E-state index contributed by atoms with van der Waals surface area (Å²) in [7, 11) is 0. The van der Waals surface area contributed by atoms with E-state index in [-0.39, 0.29) is 0 Å². The van der Waals surface area contributed by atoms with E-state index in [1.54, 1.807) is 0 Å². The van der Waals surface area contributed by atoms with Crippen LogP contribution in [0.3, 0.4) is 0 Å². The van der Waals surface area contributed by atoms with E-state index < -0.39 is 0 Å². The Kier molecular flexibility index (Phi) is 6.31. The zero-order valence-electron chi connectivity index (χ0n) is 13.8. The van der Waals surface area contributed by atoms with Gasteiger partial charge in [0.15, 0.2) is 0 Å². The molecular formula is C17H34N2O. The maximum absolute atomic E-state index is 5.63. The molecule has 0 aromatic carbocycles. The predicted molar refractivity (Wildman–Crippen MR) is 85.1 cm³/mol. The fourth-order valence-corrected chi connectivity index (χ4v) is 3.62. The van der Waals surface area contributed by atoms with Crippen LogP contribution in [0.2, 0.25) is 0 Å². The van der Waals surface area contributed by atoms with Gasteiger partial charge in [-0.1, -0.05) is 26.7 Å². The lowest BCUT2D eigenvalue weighted by molar-refractivity contribution is -0.0110. The number of hydrogen-bond acceptors (Lipinski definition) is 3. The summed E-state index contributed by atoms with van der Waals surface area (Å²) in [5.74, 6) is 0. The van der Waals surface area contributed by atoms with Crippen LogP contribution in [-0.2, 0) is 4.74 Å². The Hall–Kier alpha value is -0.120. The standard InChI is InChI=1S/C17H34N2O/c1-15(2)18-13-17(8-11-20-12-9-17)14-19-10-6-4-5-7-16(19)3/h15-16,18H,4-14H2,1-3H3. The average molecular weight is 282 g/mol. The molecule has 0 bridgehead atoms. The molecule has 3 nitrogen and oxygen atoms in total. The topological polar surface area (TPSA) is 24.5 Å². The van der Waals surface area contributed by atoms with E-state index in [1.807, 2.05) is 0 Å². The smallest absolute Gasteiger partial charge is 0.0472 e. The Bertz CT molecular complexity index is 274. The molecule has 0 spiro atoms. The maximum atomic E-state index is 5.63. The summed E-state index contributed by atoms with van der Waals surface area (Å²) in [5.41, 5.74) is 0.432. The Morgan fingerprint density at radius 1 is 1.20 bits per heavy atom. The fourth-order valence-electron chi connectivity index (χ4n) is 3.62. The van der Waals surface area contributed by atoms with E-state index in [0.29, 0.717) is 11.5 Å². The van der Waals surface area contributed by atoms with Gasteiger partial charge in [0.2, 0.25) is 0 Å². The highest BCUT2D eigenvalue weighted by Crippen LogP contribution is 2.33. The zero-order valence-corrected chi connectivity index (χ0v) is 13.8. The predicted octanol–water partition coefficient (Wildman–Crippen LogP) is 3.05. The molecule has 0 amide bonds. The third-order valence-electron chi connectivity index (χ3n) is 5.17. The highest BCUT2D eigenvalue weighted by molar-refractivity contribution is 4.89. The van der Waals surface area contributed by atoms with Crippen LogP contribution in [0.25, 0.3) is 0 Å². The van der Waals surface area contributed by atoms with Crippen LogP contribution in [0, 0.1) is 5.41 Å². The molecule has 0 saturated carbocycles. The summed E-state index contributed by atoms with van der Waals surface area (Å²) in [6, 6.07) is 1.34. The van der Waals surface area contributed by atoms with Crippen LogP contribution in [-0.4, -0.2) is 49.8 Å². The minimum Gasteiger partial charge on any atom is -0.381 e. The molecule has 2 saturated heterocycles. The summed E-state index contributed by atoms with van der Waals surface area (Å²) < 4.78 is 5.63. The lowest BCUT2D eigenvalue weighted by Gasteiger charge is -2.43. The summed E-state index contributed by atoms with van der Waals surface area (Å²) in [6.07, 6.45) is 8.03. The maximum Gasteiger partial charge on any atom is 0.0472 e. The van der Waals surface area contributed by atoms with Gasteiger partial charge in [0.1, 0.15) is 0 Å². The summed E-state index contributed by atoms with van der Waals surface area (Å²) in [6.45, 7) is 12.5. The van der Waals surface area contributed by atoms with Crippen LogP contribution in [0.4, 0.5) is 0 Å². The molecule has 3 heteroatoms. The van der Waals surface area contributed by atoms with Gasteiger partial charge in [-0.05, 0) is 44.6 Å². The SMILES string of the molecule is CC(C)NCC1(CN2CCCCCC2C)CCOCC1. The van der Waals surface area contributed by atoms with Crippen molar-refractivity contribution in [1.82, 2.24) is 10.2 Å². The van der Waals surface area contributed by atoms with Gasteiger partial charge >= 0.3 is 0 Å². The summed E-state index contributed by atoms with van der Waals surface area (Å²) >= 11 is 0. The van der Waals surface area contributed by atoms with Crippen LogP contribution in [0.15, 0.2) is 0 Å². The quantitative estimate of drug-likeness (QED) is 0.839. The minimum atomic E-state index is 0.432. The number of nitrogens with zero attached hydrogens (tertiary/aromatic N) is 1. The first-order chi connectivity index (χ1) is 9.61. The Morgan fingerprint density at radius 2 is 1.95 bits per heavy atom. The van der Waals surface area contributed by atoms with Gasteiger partial charge in [-0.2, -0.15) is 0 Å². The van der Waals surface area contributed by atoms with E-state index in [4.69, 9.17) is 4.74 Å². The Labute approximate surface area is 125 Å². The monoisotopic (exact) mass is 282 g/mol. The van der Waals surface area contributed by atoms with E-state index in [0.717, 1.165) is 25.8 Å². The molecule has 1 N–H and O–H groups in total. The van der Waals surface area contributed by atoms with Crippen molar-refractivity contribution in [3.63, 3.8) is 0 Å². The highest BCUT2D eigenvalue weighted by atomic mass is 16.5. The first kappa shape index (κ1) is 16.3. The van der Waals surface area contributed by atoms with Crippen molar-refractivity contribution in [1.29, 1.82) is 0 Å². The normalized spacial score (nSPS) is 28.5. The van der Waals surface area contributed by atoms with Crippen LogP contribution in [0.5, 0.6) is 0 Å². The van der Waals surface area contributed by atoms with Crippen molar-refractivity contribution in [3.05, 3.63) is 0 Å². The number of rotatable bonds is 5. The number of hydrogen-bond donors (Lipinski definition) is 1. The fraction of sp³-hybridized carbons (Fsp3) is 1.00. The molecule has 0 radical (unpaired) electrons. The molecule has 1 atom stereocenters. The van der Waals surface area contributed by atoms with Crippen LogP contribution < -0.4 is 5.32 Å². The number of nitrogens with one attached hydrogen (secondary N) is 1. The van der Waals surface area contributed by atoms with Gasteiger partial charge < -0.3 is 15.0 Å². The van der Waals surface area contributed by atoms with E-state index in [1.165, 1.54) is 51.6 Å². The summed E-state index contributed by atoms with van der Waals surface area (Å²) in [5, 5.41) is 3.69. The molecule has 2 heterocycles. The Balaban J connectivity index is 1.98. The summed E-state index contributed by atoms with van der Waals surface area (Å²) in [4.78, 5) is 2.76.